The Balaban J connectivity index is 2.29. The predicted molar refractivity (Wildman–Crippen MR) is 62.0 cm³/mol. The molecule has 0 bridgehead atoms. The van der Waals surface area contributed by atoms with Gasteiger partial charge in [-0.05, 0) is 25.7 Å². The minimum absolute atomic E-state index is 0.153. The summed E-state index contributed by atoms with van der Waals surface area (Å²) in [5.41, 5.74) is 5.41. The number of anilines is 2. The lowest BCUT2D eigenvalue weighted by molar-refractivity contribution is -0.144. The molecular weight excluding hydrogens is 245 g/mol. The highest BCUT2D eigenvalue weighted by Gasteiger charge is 2.36. The topological polar surface area (TPSA) is 55.0 Å². The molecule has 1 aliphatic carbocycles. The van der Waals surface area contributed by atoms with E-state index in [4.69, 9.17) is 5.73 Å². The van der Waals surface area contributed by atoms with E-state index in [0.29, 0.717) is 5.92 Å². The molecule has 1 aliphatic rings. The summed E-state index contributed by atoms with van der Waals surface area (Å²) in [4.78, 5) is 8.50. The van der Waals surface area contributed by atoms with Gasteiger partial charge in [0, 0.05) is 19.2 Å². The van der Waals surface area contributed by atoms with Gasteiger partial charge in [0.2, 0.25) is 5.82 Å². The zero-order valence-electron chi connectivity index (χ0n) is 10.2. The number of nitrogen functional groups attached to an aromatic ring is 1. The van der Waals surface area contributed by atoms with Gasteiger partial charge < -0.3 is 10.6 Å². The normalized spacial score (nSPS) is 17.6. The van der Waals surface area contributed by atoms with E-state index in [-0.39, 0.29) is 17.7 Å². The molecule has 2 rings (SSSR count). The average molecular weight is 260 g/mol. The maximum atomic E-state index is 12.6. The van der Waals surface area contributed by atoms with Crippen LogP contribution >= 0.6 is 0 Å². The lowest BCUT2D eigenvalue weighted by Crippen LogP contribution is -2.32. The zero-order chi connectivity index (χ0) is 13.5. The monoisotopic (exact) mass is 260 g/mol. The molecule has 7 heteroatoms. The molecule has 0 spiro atoms. The smallest absolute Gasteiger partial charge is 0.384 e. The number of nitrogens with zero attached hydrogens (tertiary/aromatic N) is 3. The summed E-state index contributed by atoms with van der Waals surface area (Å²) < 4.78 is 37.8. The zero-order valence-corrected chi connectivity index (χ0v) is 10.2. The fourth-order valence-electron chi connectivity index (χ4n) is 1.86. The second-order valence-corrected chi connectivity index (χ2v) is 4.66. The Morgan fingerprint density at radius 1 is 1.39 bits per heavy atom. The largest absolute Gasteiger partial charge is 0.451 e. The number of halogens is 3. The first-order valence-corrected chi connectivity index (χ1v) is 5.73. The van der Waals surface area contributed by atoms with Gasteiger partial charge in [0.25, 0.3) is 0 Å². The first-order valence-electron chi connectivity index (χ1n) is 5.73. The summed E-state index contributed by atoms with van der Waals surface area (Å²) in [7, 11) is 1.73. The first-order chi connectivity index (χ1) is 8.29. The van der Waals surface area contributed by atoms with Gasteiger partial charge in [-0.1, -0.05) is 0 Å². The van der Waals surface area contributed by atoms with E-state index in [1.54, 1.807) is 11.9 Å². The summed E-state index contributed by atoms with van der Waals surface area (Å²) >= 11 is 0. The van der Waals surface area contributed by atoms with E-state index < -0.39 is 12.0 Å². The van der Waals surface area contributed by atoms with Crippen LogP contribution in [0.2, 0.25) is 0 Å². The lowest BCUT2D eigenvalue weighted by atomic mass is 10.2. The lowest BCUT2D eigenvalue weighted by Gasteiger charge is -2.26. The maximum absolute atomic E-state index is 12.6. The van der Waals surface area contributed by atoms with Gasteiger partial charge in [-0.15, -0.1) is 0 Å². The Kier molecular flexibility index (Phi) is 3.08. The van der Waals surface area contributed by atoms with Crippen molar-refractivity contribution in [2.75, 3.05) is 17.7 Å². The van der Waals surface area contributed by atoms with Crippen molar-refractivity contribution in [1.82, 2.24) is 9.97 Å². The third kappa shape index (κ3) is 2.65. The van der Waals surface area contributed by atoms with Crippen LogP contribution in [0.15, 0.2) is 6.07 Å². The van der Waals surface area contributed by atoms with Crippen molar-refractivity contribution in [2.45, 2.75) is 32.0 Å². The number of nitrogens with two attached hydrogens (primary N) is 1. The van der Waals surface area contributed by atoms with Crippen LogP contribution in [0.5, 0.6) is 0 Å². The third-order valence-corrected chi connectivity index (χ3v) is 3.26. The minimum atomic E-state index is -4.58. The first kappa shape index (κ1) is 12.9. The highest BCUT2D eigenvalue weighted by molar-refractivity contribution is 5.47. The Morgan fingerprint density at radius 2 is 2.00 bits per heavy atom. The van der Waals surface area contributed by atoms with Crippen LogP contribution in [0.4, 0.5) is 24.8 Å². The second-order valence-electron chi connectivity index (χ2n) is 4.66. The fourth-order valence-corrected chi connectivity index (χ4v) is 1.86. The van der Waals surface area contributed by atoms with Crippen LogP contribution < -0.4 is 10.6 Å². The summed E-state index contributed by atoms with van der Waals surface area (Å²) in [6.07, 6.45) is -2.36. The van der Waals surface area contributed by atoms with E-state index in [1.807, 2.05) is 6.92 Å². The molecular formula is C11H15F3N4. The quantitative estimate of drug-likeness (QED) is 0.906. The maximum Gasteiger partial charge on any atom is 0.451 e. The van der Waals surface area contributed by atoms with Gasteiger partial charge in [-0.25, -0.2) is 9.97 Å². The molecule has 4 nitrogen and oxygen atoms in total. The molecule has 1 fully saturated rings. The summed E-state index contributed by atoms with van der Waals surface area (Å²) in [5.74, 6) is -0.607. The molecule has 1 atom stereocenters. The van der Waals surface area contributed by atoms with Crippen molar-refractivity contribution in [3.05, 3.63) is 11.9 Å². The molecule has 1 saturated carbocycles. The van der Waals surface area contributed by atoms with Gasteiger partial charge in [-0.2, -0.15) is 13.2 Å². The molecule has 1 aromatic rings. The van der Waals surface area contributed by atoms with E-state index in [1.165, 1.54) is 6.07 Å². The molecule has 0 aliphatic heterocycles. The van der Waals surface area contributed by atoms with Crippen molar-refractivity contribution in [2.24, 2.45) is 5.92 Å². The molecule has 1 aromatic heterocycles. The Bertz CT molecular complexity index is 442. The molecule has 2 N–H and O–H groups in total. The molecule has 1 heterocycles. The number of alkyl halides is 3. The summed E-state index contributed by atoms with van der Waals surface area (Å²) in [6, 6.07) is 1.52. The number of hydrogen-bond acceptors (Lipinski definition) is 4. The number of hydrogen-bond donors (Lipinski definition) is 1. The van der Waals surface area contributed by atoms with Crippen molar-refractivity contribution in [3.8, 4) is 0 Å². The Morgan fingerprint density at radius 3 is 2.50 bits per heavy atom. The summed E-state index contributed by atoms with van der Waals surface area (Å²) in [5, 5.41) is 0. The van der Waals surface area contributed by atoms with E-state index in [2.05, 4.69) is 9.97 Å². The van der Waals surface area contributed by atoms with Crippen LogP contribution in [0, 0.1) is 5.92 Å². The molecule has 0 amide bonds. The molecule has 18 heavy (non-hydrogen) atoms. The van der Waals surface area contributed by atoms with Crippen molar-refractivity contribution in [1.29, 1.82) is 0 Å². The van der Waals surface area contributed by atoms with Gasteiger partial charge in [-0.3, -0.25) is 0 Å². The van der Waals surface area contributed by atoms with Crippen LogP contribution in [0.1, 0.15) is 25.6 Å². The number of aromatic nitrogens is 2. The van der Waals surface area contributed by atoms with Crippen molar-refractivity contribution in [3.63, 3.8) is 0 Å². The van der Waals surface area contributed by atoms with Gasteiger partial charge in [0.15, 0.2) is 0 Å². The SMILES string of the molecule is CC(C1CC1)N(C)c1cc(N)nc(C(F)(F)F)n1. The van der Waals surface area contributed by atoms with E-state index in [9.17, 15) is 13.2 Å². The highest BCUT2D eigenvalue weighted by atomic mass is 19.4. The van der Waals surface area contributed by atoms with Crippen LogP contribution in [-0.4, -0.2) is 23.1 Å². The summed E-state index contributed by atoms with van der Waals surface area (Å²) in [6.45, 7) is 1.98. The minimum Gasteiger partial charge on any atom is -0.384 e. The molecule has 0 saturated heterocycles. The van der Waals surface area contributed by atoms with Gasteiger partial charge in [0.1, 0.15) is 11.6 Å². The van der Waals surface area contributed by atoms with E-state index in [0.717, 1.165) is 12.8 Å². The molecule has 0 aromatic carbocycles. The van der Waals surface area contributed by atoms with Gasteiger partial charge in [0.05, 0.1) is 0 Å². The molecule has 0 radical (unpaired) electrons. The fraction of sp³-hybridized carbons (Fsp3) is 0.636. The van der Waals surface area contributed by atoms with Crippen LogP contribution in [0.25, 0.3) is 0 Å². The highest BCUT2D eigenvalue weighted by Crippen LogP contribution is 2.36. The average Bonchev–Trinajstić information content (AvgIpc) is 3.08. The Hall–Kier alpha value is -1.53. The molecule has 100 valence electrons. The van der Waals surface area contributed by atoms with Crippen molar-refractivity contribution < 1.29 is 13.2 Å². The standard InChI is InChI=1S/C11H15F3N4/c1-6(7-3-4-7)18(2)9-5-8(15)16-10(17-9)11(12,13)14/h5-7H,3-4H2,1-2H3,(H2,15,16,17). The van der Waals surface area contributed by atoms with E-state index >= 15 is 0 Å². The molecule has 1 unspecified atom stereocenters. The Labute approximate surface area is 103 Å². The van der Waals surface area contributed by atoms with Gasteiger partial charge >= 0.3 is 6.18 Å². The third-order valence-electron chi connectivity index (χ3n) is 3.26. The van der Waals surface area contributed by atoms with Crippen LogP contribution in [-0.2, 0) is 6.18 Å². The van der Waals surface area contributed by atoms with Crippen molar-refractivity contribution >= 4 is 11.6 Å². The number of rotatable bonds is 3. The second kappa shape index (κ2) is 4.29. The predicted octanol–water partition coefficient (Wildman–Crippen LogP) is 2.31. The van der Waals surface area contributed by atoms with Crippen LogP contribution in [0.3, 0.4) is 0 Å².